The highest BCUT2D eigenvalue weighted by Crippen LogP contribution is 2.46. The van der Waals surface area contributed by atoms with Crippen molar-refractivity contribution in [2.45, 2.75) is 32.7 Å². The molecular formula is C35H36Cl2FN7O4. The van der Waals surface area contributed by atoms with E-state index in [1.54, 1.807) is 23.2 Å². The Morgan fingerprint density at radius 1 is 1.12 bits per heavy atom. The number of carbonyl (C=O) groups excluding carboxylic acids is 1. The average molecular weight is 709 g/mol. The van der Waals surface area contributed by atoms with E-state index in [0.29, 0.717) is 62.0 Å². The van der Waals surface area contributed by atoms with Gasteiger partial charge in [0.05, 0.1) is 46.9 Å². The number of benzene rings is 1. The van der Waals surface area contributed by atoms with Crippen molar-refractivity contribution in [2.75, 3.05) is 64.0 Å². The molecule has 14 heteroatoms. The molecule has 0 saturated carbocycles. The highest BCUT2D eigenvalue weighted by atomic mass is 35.5. The molecule has 0 radical (unpaired) electrons. The van der Waals surface area contributed by atoms with Crippen LogP contribution in [-0.2, 0) is 9.53 Å². The maximum Gasteiger partial charge on any atom is 0.355 e. The fraction of sp³-hybridized carbons (Fsp3) is 0.400. The molecular weight excluding hydrogens is 672 g/mol. The number of anilines is 1. The first-order valence-corrected chi connectivity index (χ1v) is 17.1. The third-order valence-electron chi connectivity index (χ3n) is 9.24. The second kappa shape index (κ2) is 13.7. The largest absolute Gasteiger partial charge is 0.489 e. The van der Waals surface area contributed by atoms with Crippen LogP contribution in [0.2, 0.25) is 10.0 Å². The van der Waals surface area contributed by atoms with Gasteiger partial charge in [0.1, 0.15) is 28.7 Å². The lowest BCUT2D eigenvalue weighted by Gasteiger charge is -2.40. The third kappa shape index (κ3) is 6.16. The van der Waals surface area contributed by atoms with E-state index in [1.807, 2.05) is 37.8 Å². The van der Waals surface area contributed by atoms with E-state index in [2.05, 4.69) is 14.9 Å². The zero-order valence-electron chi connectivity index (χ0n) is 27.5. The van der Waals surface area contributed by atoms with Gasteiger partial charge in [-0.2, -0.15) is 4.98 Å². The molecule has 1 atom stereocenters. The summed E-state index contributed by atoms with van der Waals surface area (Å²) in [6.45, 7) is 10.8. The van der Waals surface area contributed by atoms with Gasteiger partial charge in [-0.25, -0.2) is 18.7 Å². The summed E-state index contributed by atoms with van der Waals surface area (Å²) in [5.41, 5.74) is 1.61. The van der Waals surface area contributed by atoms with Gasteiger partial charge in [-0.15, -0.1) is 0 Å². The molecule has 1 unspecified atom stereocenters. The number of amides is 1. The number of ether oxygens (including phenoxy) is 2. The zero-order valence-corrected chi connectivity index (χ0v) is 29.0. The van der Waals surface area contributed by atoms with Gasteiger partial charge in [-0.1, -0.05) is 49.2 Å². The van der Waals surface area contributed by atoms with Crippen LogP contribution in [0.25, 0.3) is 28.0 Å². The number of aryl methyl sites for hydroxylation is 1. The Kier molecular flexibility index (Phi) is 9.31. The van der Waals surface area contributed by atoms with Crippen LogP contribution in [0, 0.1) is 12.7 Å². The molecule has 1 aromatic carbocycles. The number of hydrogen-bond donors (Lipinski definition) is 0. The molecule has 1 amide bonds. The Morgan fingerprint density at radius 2 is 1.92 bits per heavy atom. The van der Waals surface area contributed by atoms with Crippen LogP contribution in [0.5, 0.6) is 5.75 Å². The number of morpholine rings is 1. The molecule has 2 fully saturated rings. The summed E-state index contributed by atoms with van der Waals surface area (Å²) in [7, 11) is 0. The molecule has 7 rings (SSSR count). The van der Waals surface area contributed by atoms with Crippen molar-refractivity contribution >= 4 is 46.0 Å². The summed E-state index contributed by atoms with van der Waals surface area (Å²) < 4.78 is 28.7. The number of carbonyl (C=O) groups is 1. The molecule has 3 aliphatic heterocycles. The second-order valence-electron chi connectivity index (χ2n) is 12.7. The molecule has 4 aromatic rings. The minimum absolute atomic E-state index is 0.0112. The number of pyridine rings is 2. The first-order valence-electron chi connectivity index (χ1n) is 16.4. The zero-order chi connectivity index (χ0) is 34.4. The predicted molar refractivity (Wildman–Crippen MR) is 187 cm³/mol. The molecule has 3 aromatic heterocycles. The quantitative estimate of drug-likeness (QED) is 0.256. The van der Waals surface area contributed by atoms with Gasteiger partial charge in [-0.3, -0.25) is 14.7 Å². The fourth-order valence-corrected chi connectivity index (χ4v) is 7.29. The standard InChI is InChI=1S/C35H36Cl2FN7O4/c1-20(2)29-31(21(3)9-10-39-29)45-34-27-32(28(37)30(40-34)26-23(36)6-4-7-24(26)38)49-19-22-18-43(12-13-44(22)33(27)41-35(45)47)25(46)8-5-11-42-14-16-48-17-15-42/h4-10,20,22H,11-19H2,1-3H3/b8-5+. The lowest BCUT2D eigenvalue weighted by atomic mass is 10.0. The molecule has 0 aliphatic carbocycles. The molecule has 0 bridgehead atoms. The second-order valence-corrected chi connectivity index (χ2v) is 13.5. The molecule has 0 N–H and O–H groups in total. The Morgan fingerprint density at radius 3 is 2.67 bits per heavy atom. The van der Waals surface area contributed by atoms with Crippen molar-refractivity contribution in [1.29, 1.82) is 0 Å². The van der Waals surface area contributed by atoms with Crippen LogP contribution >= 0.6 is 23.2 Å². The summed E-state index contributed by atoms with van der Waals surface area (Å²) in [5.74, 6) is -0.223. The number of halogens is 3. The molecule has 11 nitrogen and oxygen atoms in total. The van der Waals surface area contributed by atoms with E-state index < -0.39 is 11.5 Å². The van der Waals surface area contributed by atoms with Crippen LogP contribution in [0.15, 0.2) is 47.4 Å². The van der Waals surface area contributed by atoms with Gasteiger partial charge in [0.2, 0.25) is 5.91 Å². The number of fused-ring (bicyclic) bond motifs is 2. The van der Waals surface area contributed by atoms with E-state index in [0.717, 1.165) is 18.7 Å². The minimum Gasteiger partial charge on any atom is -0.489 e. The number of rotatable bonds is 6. The topological polar surface area (TPSA) is 106 Å². The summed E-state index contributed by atoms with van der Waals surface area (Å²) >= 11 is 13.6. The van der Waals surface area contributed by atoms with Crippen molar-refractivity contribution in [3.05, 3.63) is 80.2 Å². The molecule has 256 valence electrons. The Balaban J connectivity index is 1.35. The maximum absolute atomic E-state index is 15.4. The minimum atomic E-state index is -0.626. The summed E-state index contributed by atoms with van der Waals surface area (Å²) in [6, 6.07) is 5.78. The highest BCUT2D eigenvalue weighted by Gasteiger charge is 2.37. The first kappa shape index (κ1) is 33.4. The van der Waals surface area contributed by atoms with Gasteiger partial charge < -0.3 is 19.3 Å². The molecule has 0 spiro atoms. The van der Waals surface area contributed by atoms with Gasteiger partial charge >= 0.3 is 5.69 Å². The molecule has 3 aliphatic rings. The van der Waals surface area contributed by atoms with Crippen LogP contribution in [0.1, 0.15) is 31.0 Å². The van der Waals surface area contributed by atoms with E-state index in [1.165, 1.54) is 16.7 Å². The van der Waals surface area contributed by atoms with Crippen LogP contribution in [-0.4, -0.2) is 100 Å². The van der Waals surface area contributed by atoms with Crippen LogP contribution < -0.4 is 15.3 Å². The average Bonchev–Trinajstić information content (AvgIpc) is 3.24. The van der Waals surface area contributed by atoms with Gasteiger partial charge in [0.25, 0.3) is 0 Å². The van der Waals surface area contributed by atoms with Crippen molar-refractivity contribution in [1.82, 2.24) is 29.3 Å². The SMILES string of the molecule is Cc1ccnc(C(C)C)c1-n1c(=O)nc2c3c(c(Cl)c(-c4c(F)cccc4Cl)nc31)OCC1CN(C(=O)/C=C/CN3CCOCC3)CCN21. The summed E-state index contributed by atoms with van der Waals surface area (Å²) in [6.07, 6.45) is 5.20. The van der Waals surface area contributed by atoms with E-state index in [9.17, 15) is 9.59 Å². The van der Waals surface area contributed by atoms with Crippen molar-refractivity contribution in [3.8, 4) is 22.7 Å². The van der Waals surface area contributed by atoms with Crippen molar-refractivity contribution in [3.63, 3.8) is 0 Å². The summed E-state index contributed by atoms with van der Waals surface area (Å²) in [5, 5.41) is 0.552. The lowest BCUT2D eigenvalue weighted by molar-refractivity contribution is -0.126. The molecule has 2 saturated heterocycles. The number of piperazine rings is 1. The van der Waals surface area contributed by atoms with Gasteiger partial charge in [0, 0.05) is 51.5 Å². The van der Waals surface area contributed by atoms with Crippen LogP contribution in [0.3, 0.4) is 0 Å². The van der Waals surface area contributed by atoms with Gasteiger partial charge in [-0.05, 0) is 36.6 Å². The highest BCUT2D eigenvalue weighted by molar-refractivity contribution is 6.38. The first-order chi connectivity index (χ1) is 23.6. The van der Waals surface area contributed by atoms with Crippen molar-refractivity contribution < 1.29 is 18.7 Å². The van der Waals surface area contributed by atoms with E-state index in [-0.39, 0.29) is 57.2 Å². The number of hydrogen-bond acceptors (Lipinski definition) is 9. The monoisotopic (exact) mass is 707 g/mol. The Bertz CT molecular complexity index is 2010. The third-order valence-corrected chi connectivity index (χ3v) is 9.91. The van der Waals surface area contributed by atoms with E-state index >= 15 is 4.39 Å². The van der Waals surface area contributed by atoms with Gasteiger partial charge in [0.15, 0.2) is 11.4 Å². The Labute approximate surface area is 292 Å². The van der Waals surface area contributed by atoms with E-state index in [4.69, 9.17) is 37.7 Å². The number of nitrogens with zero attached hydrogens (tertiary/aromatic N) is 7. The van der Waals surface area contributed by atoms with Crippen molar-refractivity contribution in [2.24, 2.45) is 0 Å². The number of aromatic nitrogens is 4. The predicted octanol–water partition coefficient (Wildman–Crippen LogP) is 5.02. The Hall–Kier alpha value is -4.10. The smallest absolute Gasteiger partial charge is 0.355 e. The maximum atomic E-state index is 15.4. The fourth-order valence-electron chi connectivity index (χ4n) is 6.75. The molecule has 6 heterocycles. The summed E-state index contributed by atoms with van der Waals surface area (Å²) in [4.78, 5) is 47.7. The van der Waals surface area contributed by atoms with Crippen LogP contribution in [0.4, 0.5) is 10.2 Å². The molecule has 49 heavy (non-hydrogen) atoms. The lowest BCUT2D eigenvalue weighted by Crippen LogP contribution is -2.56. The normalized spacial score (nSPS) is 18.2.